The molecule has 3 atom stereocenters. The van der Waals surface area contributed by atoms with Crippen molar-refractivity contribution >= 4 is 11.9 Å². The van der Waals surface area contributed by atoms with Crippen molar-refractivity contribution in [3.05, 3.63) is 0 Å². The highest BCUT2D eigenvalue weighted by atomic mass is 16.4. The summed E-state index contributed by atoms with van der Waals surface area (Å²) in [5.41, 5.74) is 0. The number of carboxylic acid groups (broad SMARTS) is 2. The van der Waals surface area contributed by atoms with Crippen LogP contribution in [0.2, 0.25) is 0 Å². The van der Waals surface area contributed by atoms with Crippen molar-refractivity contribution in [3.63, 3.8) is 0 Å². The number of hydrogen-bond acceptors (Lipinski definition) is 2. The number of aliphatic carboxylic acids is 2. The zero-order valence-electron chi connectivity index (χ0n) is 12.8. The van der Waals surface area contributed by atoms with E-state index in [9.17, 15) is 19.8 Å². The molecule has 3 unspecified atom stereocenters. The fourth-order valence-corrected chi connectivity index (χ4v) is 4.35. The van der Waals surface area contributed by atoms with Crippen molar-refractivity contribution < 1.29 is 19.8 Å². The van der Waals surface area contributed by atoms with E-state index in [1.54, 1.807) is 0 Å². The van der Waals surface area contributed by atoms with Gasteiger partial charge in [-0.1, -0.05) is 51.4 Å². The van der Waals surface area contributed by atoms with E-state index in [2.05, 4.69) is 0 Å². The Hall–Kier alpha value is -1.06. The molecular weight excluding hydrogens is 268 g/mol. The van der Waals surface area contributed by atoms with Gasteiger partial charge >= 0.3 is 11.9 Å². The molecule has 0 aromatic rings. The summed E-state index contributed by atoms with van der Waals surface area (Å²) in [5.74, 6) is -1.65. The summed E-state index contributed by atoms with van der Waals surface area (Å²) < 4.78 is 0. The molecule has 0 bridgehead atoms. The average molecular weight is 296 g/mol. The lowest BCUT2D eigenvalue weighted by molar-refractivity contribution is -0.152. The summed E-state index contributed by atoms with van der Waals surface area (Å²) in [4.78, 5) is 22.8. The summed E-state index contributed by atoms with van der Waals surface area (Å²) in [7, 11) is 0. The Labute approximate surface area is 126 Å². The molecule has 2 rings (SSSR count). The Bertz CT molecular complexity index is 356. The van der Waals surface area contributed by atoms with E-state index in [4.69, 9.17) is 0 Å². The standard InChI is InChI=1S/C17H28O4/c18-16(19)13-9-10-14(17(20)21)15(11-13)12-7-5-3-1-2-4-6-8-12/h12-15H,1-11H2,(H,18,19)(H,20,21). The van der Waals surface area contributed by atoms with Crippen molar-refractivity contribution in [2.24, 2.45) is 23.7 Å². The third kappa shape index (κ3) is 4.45. The summed E-state index contributed by atoms with van der Waals surface area (Å²) in [6, 6.07) is 0. The molecule has 4 heteroatoms. The molecule has 0 saturated heterocycles. The number of carboxylic acids is 2. The minimum atomic E-state index is -0.744. The second kappa shape index (κ2) is 7.81. The van der Waals surface area contributed by atoms with Crippen molar-refractivity contribution in [2.75, 3.05) is 0 Å². The zero-order chi connectivity index (χ0) is 15.2. The van der Waals surface area contributed by atoms with Crippen LogP contribution < -0.4 is 0 Å². The van der Waals surface area contributed by atoms with Gasteiger partial charge in [-0.05, 0) is 31.1 Å². The topological polar surface area (TPSA) is 74.6 Å². The first-order valence-corrected chi connectivity index (χ1v) is 8.55. The lowest BCUT2D eigenvalue weighted by atomic mass is 9.66. The van der Waals surface area contributed by atoms with Crippen molar-refractivity contribution in [1.82, 2.24) is 0 Å². The summed E-state index contributed by atoms with van der Waals surface area (Å²) in [6.07, 6.45) is 11.2. The van der Waals surface area contributed by atoms with Gasteiger partial charge < -0.3 is 10.2 Å². The number of rotatable bonds is 3. The predicted octanol–water partition coefficient (Wildman–Crippen LogP) is 3.94. The molecule has 4 nitrogen and oxygen atoms in total. The lowest BCUT2D eigenvalue weighted by Gasteiger charge is -2.37. The highest BCUT2D eigenvalue weighted by Gasteiger charge is 2.41. The Morgan fingerprint density at radius 1 is 0.714 bits per heavy atom. The van der Waals surface area contributed by atoms with Crippen LogP contribution in [0.3, 0.4) is 0 Å². The van der Waals surface area contributed by atoms with E-state index in [1.165, 1.54) is 38.5 Å². The van der Waals surface area contributed by atoms with Crippen LogP contribution in [-0.4, -0.2) is 22.2 Å². The van der Waals surface area contributed by atoms with Crippen LogP contribution >= 0.6 is 0 Å². The molecule has 2 fully saturated rings. The third-order valence-corrected chi connectivity index (χ3v) is 5.57. The average Bonchev–Trinajstić information content (AvgIpc) is 2.60. The molecular formula is C17H28O4. The molecule has 2 N–H and O–H groups in total. The Morgan fingerprint density at radius 2 is 1.29 bits per heavy atom. The van der Waals surface area contributed by atoms with Crippen LogP contribution in [0, 0.1) is 23.7 Å². The van der Waals surface area contributed by atoms with Gasteiger partial charge in [0.1, 0.15) is 0 Å². The maximum absolute atomic E-state index is 11.6. The highest BCUT2D eigenvalue weighted by Crippen LogP contribution is 2.42. The predicted molar refractivity (Wildman–Crippen MR) is 80.0 cm³/mol. The molecule has 0 aliphatic heterocycles. The van der Waals surface area contributed by atoms with Crippen LogP contribution in [0.1, 0.15) is 70.6 Å². The molecule has 0 spiro atoms. The van der Waals surface area contributed by atoms with Gasteiger partial charge in [-0.2, -0.15) is 0 Å². The second-order valence-electron chi connectivity index (χ2n) is 6.92. The first kappa shape index (κ1) is 16.3. The number of hydrogen-bond donors (Lipinski definition) is 2. The summed E-state index contributed by atoms with van der Waals surface area (Å²) >= 11 is 0. The van der Waals surface area contributed by atoms with Crippen LogP contribution in [0.5, 0.6) is 0 Å². The van der Waals surface area contributed by atoms with Gasteiger partial charge in [-0.25, -0.2) is 0 Å². The van der Waals surface area contributed by atoms with E-state index >= 15 is 0 Å². The van der Waals surface area contributed by atoms with E-state index in [0.29, 0.717) is 25.2 Å². The monoisotopic (exact) mass is 296 g/mol. The normalized spacial score (nSPS) is 32.7. The first-order chi connectivity index (χ1) is 10.1. The van der Waals surface area contributed by atoms with Gasteiger partial charge in [-0.15, -0.1) is 0 Å². The van der Waals surface area contributed by atoms with Crippen LogP contribution in [0.25, 0.3) is 0 Å². The Kier molecular flexibility index (Phi) is 6.07. The highest BCUT2D eigenvalue weighted by molar-refractivity contribution is 5.73. The van der Waals surface area contributed by atoms with Gasteiger partial charge in [-0.3, -0.25) is 9.59 Å². The molecule has 0 radical (unpaired) electrons. The minimum absolute atomic E-state index is 0.0652. The molecule has 120 valence electrons. The molecule has 2 aliphatic rings. The van der Waals surface area contributed by atoms with E-state index in [1.807, 2.05) is 0 Å². The lowest BCUT2D eigenvalue weighted by Crippen LogP contribution is -2.37. The third-order valence-electron chi connectivity index (χ3n) is 5.57. The van der Waals surface area contributed by atoms with E-state index in [0.717, 1.165) is 12.8 Å². The molecule has 0 amide bonds. The van der Waals surface area contributed by atoms with E-state index in [-0.39, 0.29) is 17.8 Å². The van der Waals surface area contributed by atoms with Crippen molar-refractivity contribution in [2.45, 2.75) is 70.6 Å². The number of carbonyl (C=O) groups is 2. The fraction of sp³-hybridized carbons (Fsp3) is 0.882. The molecule has 2 saturated carbocycles. The van der Waals surface area contributed by atoms with Gasteiger partial charge in [0, 0.05) is 0 Å². The Morgan fingerprint density at radius 3 is 1.81 bits per heavy atom. The maximum atomic E-state index is 11.6. The van der Waals surface area contributed by atoms with Crippen LogP contribution in [-0.2, 0) is 9.59 Å². The molecule has 2 aliphatic carbocycles. The van der Waals surface area contributed by atoms with Gasteiger partial charge in [0.2, 0.25) is 0 Å². The summed E-state index contributed by atoms with van der Waals surface area (Å²) in [6.45, 7) is 0. The fourth-order valence-electron chi connectivity index (χ4n) is 4.35. The van der Waals surface area contributed by atoms with Crippen molar-refractivity contribution in [1.29, 1.82) is 0 Å². The Balaban J connectivity index is 2.08. The van der Waals surface area contributed by atoms with Gasteiger partial charge in [0.05, 0.1) is 11.8 Å². The maximum Gasteiger partial charge on any atom is 0.306 e. The van der Waals surface area contributed by atoms with Crippen LogP contribution in [0.4, 0.5) is 0 Å². The molecule has 0 heterocycles. The SMILES string of the molecule is O=C(O)C1CCC(C(=O)O)C(C2CCCCCCCC2)C1. The molecule has 0 aromatic carbocycles. The van der Waals surface area contributed by atoms with Gasteiger partial charge in [0.25, 0.3) is 0 Å². The first-order valence-electron chi connectivity index (χ1n) is 8.55. The van der Waals surface area contributed by atoms with E-state index < -0.39 is 11.9 Å². The molecule has 0 aromatic heterocycles. The van der Waals surface area contributed by atoms with Crippen molar-refractivity contribution in [3.8, 4) is 0 Å². The smallest absolute Gasteiger partial charge is 0.306 e. The quantitative estimate of drug-likeness (QED) is 0.827. The summed E-state index contributed by atoms with van der Waals surface area (Å²) in [5, 5.41) is 18.8. The second-order valence-corrected chi connectivity index (χ2v) is 6.92. The largest absolute Gasteiger partial charge is 0.481 e. The van der Waals surface area contributed by atoms with Crippen LogP contribution in [0.15, 0.2) is 0 Å². The van der Waals surface area contributed by atoms with Gasteiger partial charge in [0.15, 0.2) is 0 Å². The zero-order valence-corrected chi connectivity index (χ0v) is 12.8. The molecule has 21 heavy (non-hydrogen) atoms. The minimum Gasteiger partial charge on any atom is -0.481 e.